The van der Waals surface area contributed by atoms with Gasteiger partial charge >= 0.3 is 17.9 Å². The number of ether oxygens (including phenoxy) is 4. The van der Waals surface area contributed by atoms with Gasteiger partial charge in [0.2, 0.25) is 0 Å². The van der Waals surface area contributed by atoms with Gasteiger partial charge in [-0.1, -0.05) is 108 Å². The van der Waals surface area contributed by atoms with Crippen molar-refractivity contribution in [1.82, 2.24) is 0 Å². The maximum absolute atomic E-state index is 12.5. The first-order valence-corrected chi connectivity index (χ1v) is 15.5. The predicted octanol–water partition coefficient (Wildman–Crippen LogP) is 7.81. The van der Waals surface area contributed by atoms with Gasteiger partial charge in [0.05, 0.1) is 13.2 Å². The zero-order valence-corrected chi connectivity index (χ0v) is 25.2. The lowest BCUT2D eigenvalue weighted by Gasteiger charge is -2.11. The van der Waals surface area contributed by atoms with Crippen LogP contribution in [0.4, 0.5) is 0 Å². The highest BCUT2D eigenvalue weighted by Crippen LogP contribution is 2.21. The molecule has 0 aromatic heterocycles. The minimum atomic E-state index is -0.650. The van der Waals surface area contributed by atoms with Gasteiger partial charge in [0, 0.05) is 6.42 Å². The van der Waals surface area contributed by atoms with Crippen LogP contribution >= 0.6 is 0 Å². The first-order valence-electron chi connectivity index (χ1n) is 15.5. The van der Waals surface area contributed by atoms with Gasteiger partial charge in [-0.3, -0.25) is 4.79 Å². The fourth-order valence-corrected chi connectivity index (χ4v) is 4.48. The Hall–Kier alpha value is -3.39. The van der Waals surface area contributed by atoms with Gasteiger partial charge in [0.15, 0.2) is 0 Å². The molecule has 2 aromatic carbocycles. The summed E-state index contributed by atoms with van der Waals surface area (Å²) in [5, 5.41) is 9.67. The summed E-state index contributed by atoms with van der Waals surface area (Å²) in [5.41, 5.74) is 0.253. The molecule has 8 nitrogen and oxygen atoms in total. The van der Waals surface area contributed by atoms with Crippen LogP contribution in [-0.4, -0.2) is 49.4 Å². The van der Waals surface area contributed by atoms with Crippen LogP contribution in [0, 0.1) is 0 Å². The van der Waals surface area contributed by atoms with Gasteiger partial charge in [-0.15, -0.1) is 0 Å². The summed E-state index contributed by atoms with van der Waals surface area (Å²) in [7, 11) is 0. The first-order chi connectivity index (χ1) is 20.5. The average molecular weight is 585 g/mol. The molecule has 0 fully saturated rings. The number of hydrogen-bond acceptors (Lipinski definition) is 8. The van der Waals surface area contributed by atoms with Crippen molar-refractivity contribution < 1.29 is 38.4 Å². The normalized spacial score (nSPS) is 10.8. The predicted molar refractivity (Wildman–Crippen MR) is 162 cm³/mol. The summed E-state index contributed by atoms with van der Waals surface area (Å²) >= 11 is 0. The first kappa shape index (κ1) is 34.8. The molecule has 232 valence electrons. The van der Waals surface area contributed by atoms with Crippen LogP contribution in [0.1, 0.15) is 118 Å². The Kier molecular flexibility index (Phi) is 18.4. The zero-order chi connectivity index (χ0) is 30.3. The highest BCUT2D eigenvalue weighted by atomic mass is 16.6. The molecule has 0 saturated carbocycles. The van der Waals surface area contributed by atoms with Gasteiger partial charge in [0.25, 0.3) is 0 Å². The summed E-state index contributed by atoms with van der Waals surface area (Å²) in [6.07, 6.45) is 16.4. The van der Waals surface area contributed by atoms with Crippen molar-refractivity contribution in [2.24, 2.45) is 0 Å². The quantitative estimate of drug-likeness (QED) is 0.0800. The Morgan fingerprint density at radius 3 is 1.64 bits per heavy atom. The van der Waals surface area contributed by atoms with Gasteiger partial charge in [-0.25, -0.2) is 9.59 Å². The Labute approximate surface area is 250 Å². The average Bonchev–Trinajstić information content (AvgIpc) is 2.99. The Balaban J connectivity index is 1.53. The van der Waals surface area contributed by atoms with Gasteiger partial charge in [0.1, 0.15) is 35.8 Å². The third-order valence-electron chi connectivity index (χ3n) is 6.86. The lowest BCUT2D eigenvalue weighted by atomic mass is 10.0. The van der Waals surface area contributed by atoms with Crippen LogP contribution in [0.2, 0.25) is 0 Å². The van der Waals surface area contributed by atoms with E-state index >= 15 is 0 Å². The lowest BCUT2D eigenvalue weighted by molar-refractivity contribution is -0.134. The van der Waals surface area contributed by atoms with E-state index in [1.807, 2.05) is 0 Å². The summed E-state index contributed by atoms with van der Waals surface area (Å²) in [5.74, 6) is -1.60. The molecule has 0 atom stereocenters. The van der Waals surface area contributed by atoms with Crippen molar-refractivity contribution in [3.05, 3.63) is 59.7 Å². The largest absolute Gasteiger partial charge is 0.507 e. The molecule has 0 amide bonds. The van der Waals surface area contributed by atoms with Crippen LogP contribution in [0.3, 0.4) is 0 Å². The number of phenolic OH excluding ortho intramolecular Hbond substituents is 1. The van der Waals surface area contributed by atoms with Crippen LogP contribution < -0.4 is 4.74 Å². The number of benzene rings is 2. The van der Waals surface area contributed by atoms with E-state index in [1.165, 1.54) is 76.3 Å². The molecule has 0 bridgehead atoms. The Morgan fingerprint density at radius 1 is 0.595 bits per heavy atom. The van der Waals surface area contributed by atoms with E-state index in [4.69, 9.17) is 18.9 Å². The Bertz CT molecular complexity index is 1050. The molecule has 0 radical (unpaired) electrons. The van der Waals surface area contributed by atoms with E-state index in [0.29, 0.717) is 6.42 Å². The molecule has 42 heavy (non-hydrogen) atoms. The van der Waals surface area contributed by atoms with Crippen molar-refractivity contribution in [3.8, 4) is 11.5 Å². The Morgan fingerprint density at radius 2 is 1.07 bits per heavy atom. The SMILES string of the molecule is CCCCCCCCCCCCCCCC(=O)Oc1ccccc1C(=O)OCCOCCOC(=O)c1ccccc1O. The molecule has 2 aromatic rings. The second kappa shape index (κ2) is 22.2. The number of phenols is 1. The number of para-hydroxylation sites is 2. The maximum Gasteiger partial charge on any atom is 0.342 e. The van der Waals surface area contributed by atoms with E-state index in [-0.39, 0.29) is 55.0 Å². The molecule has 0 unspecified atom stereocenters. The number of carbonyl (C=O) groups excluding carboxylic acids is 3. The van der Waals surface area contributed by atoms with Crippen LogP contribution in [-0.2, 0) is 19.0 Å². The van der Waals surface area contributed by atoms with E-state index in [9.17, 15) is 19.5 Å². The van der Waals surface area contributed by atoms with E-state index in [0.717, 1.165) is 19.3 Å². The van der Waals surface area contributed by atoms with Crippen molar-refractivity contribution in [1.29, 1.82) is 0 Å². The second-order valence-corrected chi connectivity index (χ2v) is 10.4. The molecule has 0 spiro atoms. The monoisotopic (exact) mass is 584 g/mol. The van der Waals surface area contributed by atoms with Crippen molar-refractivity contribution in [2.75, 3.05) is 26.4 Å². The molecule has 0 aliphatic carbocycles. The van der Waals surface area contributed by atoms with Crippen LogP contribution in [0.25, 0.3) is 0 Å². The molecule has 0 aliphatic rings. The standard InChI is InChI=1S/C34H48O8/c1-2-3-4-5-6-7-8-9-10-11-12-13-14-23-32(36)42-31-22-18-16-20-29(31)34(38)41-27-25-39-24-26-40-33(37)28-19-15-17-21-30(28)35/h15-22,35H,2-14,23-27H2,1H3. The number of aromatic hydroxyl groups is 1. The number of rotatable bonds is 23. The lowest BCUT2D eigenvalue weighted by Crippen LogP contribution is -2.16. The summed E-state index contributed by atoms with van der Waals surface area (Å²) in [6, 6.07) is 12.6. The van der Waals surface area contributed by atoms with E-state index < -0.39 is 11.9 Å². The van der Waals surface area contributed by atoms with Crippen molar-refractivity contribution in [2.45, 2.75) is 96.8 Å². The number of carbonyl (C=O) groups is 3. The van der Waals surface area contributed by atoms with Gasteiger partial charge < -0.3 is 24.1 Å². The second-order valence-electron chi connectivity index (χ2n) is 10.4. The number of unbranched alkanes of at least 4 members (excludes halogenated alkanes) is 12. The smallest absolute Gasteiger partial charge is 0.342 e. The zero-order valence-electron chi connectivity index (χ0n) is 25.2. The number of hydrogen-bond donors (Lipinski definition) is 1. The third kappa shape index (κ3) is 15.0. The molecule has 0 saturated heterocycles. The molecule has 8 heteroatoms. The van der Waals surface area contributed by atoms with Gasteiger partial charge in [-0.2, -0.15) is 0 Å². The fraction of sp³-hybridized carbons (Fsp3) is 0.559. The summed E-state index contributed by atoms with van der Waals surface area (Å²) in [6.45, 7) is 2.41. The highest BCUT2D eigenvalue weighted by Gasteiger charge is 2.16. The molecule has 0 heterocycles. The topological polar surface area (TPSA) is 108 Å². The molecule has 1 N–H and O–H groups in total. The maximum atomic E-state index is 12.5. The number of esters is 3. The van der Waals surface area contributed by atoms with Crippen LogP contribution in [0.5, 0.6) is 11.5 Å². The van der Waals surface area contributed by atoms with E-state index in [2.05, 4.69) is 6.92 Å². The summed E-state index contributed by atoms with van der Waals surface area (Å²) in [4.78, 5) is 36.8. The van der Waals surface area contributed by atoms with Crippen LogP contribution in [0.15, 0.2) is 48.5 Å². The molecule has 0 aliphatic heterocycles. The molecular formula is C34H48O8. The summed E-state index contributed by atoms with van der Waals surface area (Å²) < 4.78 is 21.1. The van der Waals surface area contributed by atoms with Gasteiger partial charge in [-0.05, 0) is 30.7 Å². The fourth-order valence-electron chi connectivity index (χ4n) is 4.48. The minimum absolute atomic E-state index is 0.0147. The minimum Gasteiger partial charge on any atom is -0.507 e. The highest BCUT2D eigenvalue weighted by molar-refractivity contribution is 5.93. The van der Waals surface area contributed by atoms with E-state index in [1.54, 1.807) is 36.4 Å². The van der Waals surface area contributed by atoms with Crippen molar-refractivity contribution in [3.63, 3.8) is 0 Å². The third-order valence-corrected chi connectivity index (χ3v) is 6.86. The van der Waals surface area contributed by atoms with Crippen molar-refractivity contribution >= 4 is 17.9 Å². The molecule has 2 rings (SSSR count). The molecular weight excluding hydrogens is 536 g/mol.